The lowest BCUT2D eigenvalue weighted by Crippen LogP contribution is -2.35. The standard InChI is InChI=1S/C28H25F2N3O3/c1-4-19-23(29)8-5-17-13-18(34)14-22(24(17)19)20-6-7-21-26(25(20)30)31-28(36-3)32-27(21)33-11-9-16(10-12-33)15-35-2/h1,5-8,13-14,16,34H,9-12,15H2,2-3H3. The molecule has 184 valence electrons. The first kappa shape index (κ1) is 23.8. The zero-order chi connectivity index (χ0) is 25.4. The summed E-state index contributed by atoms with van der Waals surface area (Å²) in [5.74, 6) is 2.10. The topological polar surface area (TPSA) is 67.7 Å². The SMILES string of the molecule is C#Cc1c(F)ccc2cc(O)cc(-c3ccc4c(N5CCC(COC)CC5)nc(OC)nc4c3F)c12. The summed E-state index contributed by atoms with van der Waals surface area (Å²) < 4.78 is 41.3. The van der Waals surface area contributed by atoms with Gasteiger partial charge in [-0.1, -0.05) is 18.1 Å². The van der Waals surface area contributed by atoms with Crippen LogP contribution in [0.2, 0.25) is 0 Å². The number of anilines is 1. The smallest absolute Gasteiger partial charge is 0.318 e. The molecule has 0 radical (unpaired) electrons. The zero-order valence-electron chi connectivity index (χ0n) is 20.0. The number of halogens is 2. The monoisotopic (exact) mass is 489 g/mol. The molecule has 36 heavy (non-hydrogen) atoms. The van der Waals surface area contributed by atoms with Crippen LogP contribution < -0.4 is 9.64 Å². The summed E-state index contributed by atoms with van der Waals surface area (Å²) in [6.45, 7) is 2.20. The van der Waals surface area contributed by atoms with Crippen LogP contribution in [0.5, 0.6) is 11.8 Å². The molecule has 1 N–H and O–H groups in total. The molecule has 1 saturated heterocycles. The third kappa shape index (κ3) is 4.06. The van der Waals surface area contributed by atoms with E-state index in [-0.39, 0.29) is 34.0 Å². The number of nitrogens with zero attached hydrogens (tertiary/aromatic N) is 3. The third-order valence-electron chi connectivity index (χ3n) is 6.75. The summed E-state index contributed by atoms with van der Waals surface area (Å²) >= 11 is 0. The van der Waals surface area contributed by atoms with E-state index in [0.29, 0.717) is 34.5 Å². The second-order valence-corrected chi connectivity index (χ2v) is 8.90. The molecule has 6 nitrogen and oxygen atoms in total. The van der Waals surface area contributed by atoms with Gasteiger partial charge in [0.15, 0.2) is 5.82 Å². The van der Waals surface area contributed by atoms with Gasteiger partial charge in [-0.05, 0) is 54.0 Å². The molecule has 0 amide bonds. The van der Waals surface area contributed by atoms with Crippen LogP contribution >= 0.6 is 0 Å². The van der Waals surface area contributed by atoms with Gasteiger partial charge in [0.05, 0.1) is 12.7 Å². The van der Waals surface area contributed by atoms with Gasteiger partial charge in [0.1, 0.15) is 22.9 Å². The summed E-state index contributed by atoms with van der Waals surface area (Å²) in [5, 5.41) is 11.7. The summed E-state index contributed by atoms with van der Waals surface area (Å²) in [6, 6.07) is 8.97. The molecule has 3 aromatic carbocycles. The number of rotatable bonds is 5. The van der Waals surface area contributed by atoms with E-state index in [4.69, 9.17) is 15.9 Å². The molecule has 1 fully saturated rings. The fourth-order valence-electron chi connectivity index (χ4n) is 4.99. The Kier molecular flexibility index (Phi) is 6.33. The van der Waals surface area contributed by atoms with Crippen molar-refractivity contribution < 1.29 is 23.4 Å². The zero-order valence-corrected chi connectivity index (χ0v) is 20.0. The van der Waals surface area contributed by atoms with E-state index in [1.54, 1.807) is 19.2 Å². The van der Waals surface area contributed by atoms with Crippen LogP contribution in [-0.2, 0) is 4.74 Å². The molecule has 0 atom stereocenters. The highest BCUT2D eigenvalue weighted by Crippen LogP contribution is 2.40. The Balaban J connectivity index is 1.69. The predicted molar refractivity (Wildman–Crippen MR) is 135 cm³/mol. The van der Waals surface area contributed by atoms with Crippen LogP contribution in [0.4, 0.5) is 14.6 Å². The highest BCUT2D eigenvalue weighted by atomic mass is 19.1. The van der Waals surface area contributed by atoms with Gasteiger partial charge in [-0.25, -0.2) is 8.78 Å². The highest BCUT2D eigenvalue weighted by Gasteiger charge is 2.25. The summed E-state index contributed by atoms with van der Waals surface area (Å²) in [4.78, 5) is 11.0. The Hall–Kier alpha value is -3.96. The van der Waals surface area contributed by atoms with Crippen LogP contribution in [0.1, 0.15) is 18.4 Å². The van der Waals surface area contributed by atoms with Gasteiger partial charge in [-0.15, -0.1) is 6.42 Å². The molecule has 1 aliphatic rings. The molecule has 4 aromatic rings. The Morgan fingerprint density at radius 3 is 2.56 bits per heavy atom. The average molecular weight is 490 g/mol. The number of terminal acetylenes is 1. The quantitative estimate of drug-likeness (QED) is 0.385. The number of phenolic OH excluding ortho intramolecular Hbond substituents is 1. The van der Waals surface area contributed by atoms with E-state index < -0.39 is 11.6 Å². The van der Waals surface area contributed by atoms with Gasteiger partial charge < -0.3 is 19.5 Å². The van der Waals surface area contributed by atoms with Gasteiger partial charge in [0.2, 0.25) is 0 Å². The maximum Gasteiger partial charge on any atom is 0.318 e. The Bertz CT molecular complexity index is 1510. The molecule has 0 bridgehead atoms. The van der Waals surface area contributed by atoms with E-state index in [1.165, 1.54) is 31.4 Å². The maximum absolute atomic E-state index is 16.2. The molecule has 1 aliphatic heterocycles. The summed E-state index contributed by atoms with van der Waals surface area (Å²) in [7, 11) is 3.13. The second kappa shape index (κ2) is 9.59. The number of hydrogen-bond donors (Lipinski definition) is 1. The number of aromatic hydroxyl groups is 1. The number of methoxy groups -OCH3 is 2. The van der Waals surface area contributed by atoms with E-state index in [2.05, 4.69) is 20.8 Å². The first-order valence-electron chi connectivity index (χ1n) is 11.7. The summed E-state index contributed by atoms with van der Waals surface area (Å²) in [6.07, 6.45) is 7.46. The number of fused-ring (bicyclic) bond motifs is 2. The first-order valence-corrected chi connectivity index (χ1v) is 11.7. The molecule has 1 aromatic heterocycles. The van der Waals surface area contributed by atoms with Crippen molar-refractivity contribution in [1.29, 1.82) is 0 Å². The van der Waals surface area contributed by atoms with Gasteiger partial charge in [-0.3, -0.25) is 0 Å². The molecule has 5 rings (SSSR count). The lowest BCUT2D eigenvalue weighted by molar-refractivity contribution is 0.139. The Labute approximate surface area is 207 Å². The minimum Gasteiger partial charge on any atom is -0.508 e. The fraction of sp³-hybridized carbons (Fsp3) is 0.286. The number of piperidine rings is 1. The Morgan fingerprint density at radius 1 is 1.08 bits per heavy atom. The van der Waals surface area contributed by atoms with Crippen molar-refractivity contribution in [2.75, 3.05) is 38.8 Å². The first-order chi connectivity index (χ1) is 17.4. The third-order valence-corrected chi connectivity index (χ3v) is 6.75. The van der Waals surface area contributed by atoms with Crippen molar-refractivity contribution in [3.05, 3.63) is 53.6 Å². The van der Waals surface area contributed by atoms with E-state index in [0.717, 1.165) is 25.9 Å². The van der Waals surface area contributed by atoms with Gasteiger partial charge in [-0.2, -0.15) is 9.97 Å². The minimum absolute atomic E-state index is 0.00174. The average Bonchev–Trinajstić information content (AvgIpc) is 2.89. The molecule has 0 spiro atoms. The number of aromatic nitrogens is 2. The van der Waals surface area contributed by atoms with Gasteiger partial charge in [0, 0.05) is 43.1 Å². The van der Waals surface area contributed by atoms with E-state index in [1.807, 2.05) is 0 Å². The normalized spacial score (nSPS) is 14.4. The molecular weight excluding hydrogens is 464 g/mol. The van der Waals surface area contributed by atoms with Crippen molar-refractivity contribution in [3.8, 4) is 35.2 Å². The molecule has 2 heterocycles. The lowest BCUT2D eigenvalue weighted by Gasteiger charge is -2.33. The number of phenols is 1. The van der Waals surface area contributed by atoms with Crippen LogP contribution in [0.15, 0.2) is 36.4 Å². The van der Waals surface area contributed by atoms with Crippen LogP contribution in [0, 0.1) is 29.9 Å². The van der Waals surface area contributed by atoms with Crippen molar-refractivity contribution >= 4 is 27.5 Å². The number of benzene rings is 3. The maximum atomic E-state index is 16.2. The van der Waals surface area contributed by atoms with Crippen LogP contribution in [0.25, 0.3) is 32.8 Å². The second-order valence-electron chi connectivity index (χ2n) is 8.90. The van der Waals surface area contributed by atoms with Gasteiger partial charge >= 0.3 is 6.01 Å². The van der Waals surface area contributed by atoms with Crippen LogP contribution in [0.3, 0.4) is 0 Å². The minimum atomic E-state index is -0.636. The molecular formula is C28H25F2N3O3. The largest absolute Gasteiger partial charge is 0.508 e. The predicted octanol–water partition coefficient (Wildman–Crippen LogP) is 5.29. The molecule has 8 heteroatoms. The molecule has 0 unspecified atom stereocenters. The van der Waals surface area contributed by atoms with Gasteiger partial charge in [0.25, 0.3) is 0 Å². The fourth-order valence-corrected chi connectivity index (χ4v) is 4.99. The number of ether oxygens (including phenoxy) is 2. The molecule has 0 aliphatic carbocycles. The highest BCUT2D eigenvalue weighted by molar-refractivity contribution is 6.04. The van der Waals surface area contributed by atoms with Crippen molar-refractivity contribution in [2.45, 2.75) is 12.8 Å². The van der Waals surface area contributed by atoms with E-state index >= 15 is 4.39 Å². The molecule has 0 saturated carbocycles. The lowest BCUT2D eigenvalue weighted by atomic mass is 9.93. The van der Waals surface area contributed by atoms with Crippen molar-refractivity contribution in [3.63, 3.8) is 0 Å². The van der Waals surface area contributed by atoms with Crippen molar-refractivity contribution in [1.82, 2.24) is 9.97 Å². The Morgan fingerprint density at radius 2 is 1.86 bits per heavy atom. The van der Waals surface area contributed by atoms with Crippen molar-refractivity contribution in [2.24, 2.45) is 5.92 Å². The van der Waals surface area contributed by atoms with E-state index in [9.17, 15) is 9.50 Å². The number of hydrogen-bond acceptors (Lipinski definition) is 6. The summed E-state index contributed by atoms with van der Waals surface area (Å²) in [5.41, 5.74) is 0.484. The van der Waals surface area contributed by atoms with Crippen LogP contribution in [-0.4, -0.2) is 49.0 Å².